The molecule has 0 aromatic heterocycles. The second kappa shape index (κ2) is 4.05. The molecule has 1 rings (SSSR count). The van der Waals surface area contributed by atoms with Gasteiger partial charge in [0.05, 0.1) is 6.04 Å². The van der Waals surface area contributed by atoms with Crippen LogP contribution in [0.1, 0.15) is 18.5 Å². The number of nitrogens with one attached hydrogen (secondary N) is 1. The number of aromatic hydroxyl groups is 1. The fourth-order valence-electron chi connectivity index (χ4n) is 1.27. The van der Waals surface area contributed by atoms with Crippen molar-refractivity contribution in [3.63, 3.8) is 0 Å². The van der Waals surface area contributed by atoms with E-state index in [4.69, 9.17) is 5.11 Å². The van der Waals surface area contributed by atoms with E-state index in [1.807, 2.05) is 0 Å². The molecule has 2 N–H and O–H groups in total. The van der Waals surface area contributed by atoms with Crippen LogP contribution >= 0.6 is 0 Å². The highest BCUT2D eigenvalue weighted by Gasteiger charge is 2.13. The van der Waals surface area contributed by atoms with Gasteiger partial charge in [-0.15, -0.1) is 0 Å². The molecule has 0 unspecified atom stereocenters. The van der Waals surface area contributed by atoms with Crippen LogP contribution in [0.15, 0.2) is 24.3 Å². The Balaban J connectivity index is 2.92. The Labute approximate surface area is 77.4 Å². The maximum absolute atomic E-state index is 11.1. The van der Waals surface area contributed by atoms with E-state index in [0.717, 1.165) is 5.56 Å². The predicted octanol–water partition coefficient (Wildman–Crippen LogP) is 1.24. The molecule has 0 aliphatic heterocycles. The molecule has 1 atom stereocenters. The zero-order valence-corrected chi connectivity index (χ0v) is 7.74. The van der Waals surface area contributed by atoms with Crippen LogP contribution in [-0.2, 0) is 4.79 Å². The highest BCUT2D eigenvalue weighted by molar-refractivity contribution is 5.82. The summed E-state index contributed by atoms with van der Waals surface area (Å²) in [6.45, 7) is 1.54. The Kier molecular flexibility index (Phi) is 3.03. The number of benzene rings is 1. The van der Waals surface area contributed by atoms with Gasteiger partial charge in [-0.05, 0) is 31.7 Å². The van der Waals surface area contributed by atoms with Crippen LogP contribution in [-0.4, -0.2) is 17.9 Å². The first kappa shape index (κ1) is 9.74. The molecule has 3 nitrogen and oxygen atoms in total. The molecule has 13 heavy (non-hydrogen) atoms. The van der Waals surface area contributed by atoms with Crippen molar-refractivity contribution in [3.05, 3.63) is 29.8 Å². The smallest absolute Gasteiger partial charge is 0.151 e. The van der Waals surface area contributed by atoms with Gasteiger partial charge < -0.3 is 10.4 Å². The molecule has 0 radical (unpaired) electrons. The molecule has 0 amide bonds. The molecule has 1 aromatic carbocycles. The zero-order valence-electron chi connectivity index (χ0n) is 7.74. The third-order valence-electron chi connectivity index (χ3n) is 1.92. The average molecular weight is 179 g/mol. The maximum Gasteiger partial charge on any atom is 0.151 e. The van der Waals surface area contributed by atoms with Crippen molar-refractivity contribution >= 4 is 5.78 Å². The molecular weight excluding hydrogens is 166 g/mol. The molecule has 0 spiro atoms. The van der Waals surface area contributed by atoms with Crippen molar-refractivity contribution in [2.45, 2.75) is 13.0 Å². The monoisotopic (exact) mass is 179 g/mol. The van der Waals surface area contributed by atoms with E-state index in [1.165, 1.54) is 6.92 Å². The van der Waals surface area contributed by atoms with Crippen molar-refractivity contribution < 1.29 is 9.90 Å². The number of Topliss-reactive ketones (excluding diaryl/α,β-unsaturated/α-hetero) is 1. The lowest BCUT2D eigenvalue weighted by Crippen LogP contribution is -2.22. The Morgan fingerprint density at radius 1 is 1.38 bits per heavy atom. The summed E-state index contributed by atoms with van der Waals surface area (Å²) in [6, 6.07) is 6.33. The molecule has 0 bridgehead atoms. The summed E-state index contributed by atoms with van der Waals surface area (Å²) in [6.07, 6.45) is 0. The lowest BCUT2D eigenvalue weighted by molar-refractivity contribution is -0.119. The highest BCUT2D eigenvalue weighted by atomic mass is 16.3. The van der Waals surface area contributed by atoms with E-state index in [2.05, 4.69) is 5.32 Å². The van der Waals surface area contributed by atoms with Gasteiger partial charge in [0.1, 0.15) is 5.75 Å². The molecule has 0 saturated heterocycles. The van der Waals surface area contributed by atoms with E-state index >= 15 is 0 Å². The van der Waals surface area contributed by atoms with Crippen molar-refractivity contribution in [1.29, 1.82) is 0 Å². The highest BCUT2D eigenvalue weighted by Crippen LogP contribution is 2.16. The van der Waals surface area contributed by atoms with E-state index in [9.17, 15) is 4.79 Å². The van der Waals surface area contributed by atoms with Gasteiger partial charge in [0.2, 0.25) is 0 Å². The van der Waals surface area contributed by atoms with Gasteiger partial charge in [-0.25, -0.2) is 0 Å². The van der Waals surface area contributed by atoms with Crippen molar-refractivity contribution in [1.82, 2.24) is 5.32 Å². The van der Waals surface area contributed by atoms with Gasteiger partial charge in [-0.2, -0.15) is 0 Å². The predicted molar refractivity (Wildman–Crippen MR) is 50.6 cm³/mol. The van der Waals surface area contributed by atoms with Crippen molar-refractivity contribution in [2.24, 2.45) is 0 Å². The van der Waals surface area contributed by atoms with Crippen molar-refractivity contribution in [3.8, 4) is 5.75 Å². The normalized spacial score (nSPS) is 12.5. The van der Waals surface area contributed by atoms with Crippen LogP contribution in [0.4, 0.5) is 0 Å². The van der Waals surface area contributed by atoms with Crippen LogP contribution in [0.2, 0.25) is 0 Å². The van der Waals surface area contributed by atoms with Crippen LogP contribution in [0, 0.1) is 0 Å². The minimum absolute atomic E-state index is 0.0631. The molecule has 0 aliphatic rings. The van der Waals surface area contributed by atoms with E-state index in [1.54, 1.807) is 31.3 Å². The fraction of sp³-hybridized carbons (Fsp3) is 0.300. The molecule has 3 heteroatoms. The number of ketones is 1. The van der Waals surface area contributed by atoms with Crippen LogP contribution < -0.4 is 5.32 Å². The molecule has 0 saturated carbocycles. The van der Waals surface area contributed by atoms with Crippen molar-refractivity contribution in [2.75, 3.05) is 7.05 Å². The topological polar surface area (TPSA) is 49.3 Å². The Bertz CT molecular complexity index is 292. The minimum atomic E-state index is -0.277. The van der Waals surface area contributed by atoms with Gasteiger partial charge in [-0.1, -0.05) is 12.1 Å². The maximum atomic E-state index is 11.1. The van der Waals surface area contributed by atoms with Gasteiger partial charge >= 0.3 is 0 Å². The summed E-state index contributed by atoms with van der Waals surface area (Å²) >= 11 is 0. The van der Waals surface area contributed by atoms with Gasteiger partial charge in [0, 0.05) is 0 Å². The summed E-state index contributed by atoms with van der Waals surface area (Å²) < 4.78 is 0. The van der Waals surface area contributed by atoms with E-state index in [-0.39, 0.29) is 17.6 Å². The Hall–Kier alpha value is -1.35. The van der Waals surface area contributed by atoms with Gasteiger partial charge in [-0.3, -0.25) is 4.79 Å². The second-order valence-corrected chi connectivity index (χ2v) is 2.92. The summed E-state index contributed by atoms with van der Waals surface area (Å²) in [4.78, 5) is 11.1. The second-order valence-electron chi connectivity index (χ2n) is 2.92. The SMILES string of the molecule is CN[C@H](C(C)=O)c1ccc(O)cc1. The zero-order chi connectivity index (χ0) is 9.84. The number of carbonyl (C=O) groups excluding carboxylic acids is 1. The summed E-state index contributed by atoms with van der Waals surface area (Å²) in [7, 11) is 1.74. The fourth-order valence-corrected chi connectivity index (χ4v) is 1.27. The van der Waals surface area contributed by atoms with Crippen LogP contribution in [0.25, 0.3) is 0 Å². The van der Waals surface area contributed by atoms with Gasteiger partial charge in [0.25, 0.3) is 0 Å². The van der Waals surface area contributed by atoms with Crippen LogP contribution in [0.5, 0.6) is 5.75 Å². The number of phenols is 1. The van der Waals surface area contributed by atoms with E-state index < -0.39 is 0 Å². The summed E-state index contributed by atoms with van der Waals surface area (Å²) in [5.41, 5.74) is 0.868. The Morgan fingerprint density at radius 3 is 2.31 bits per heavy atom. The number of hydrogen-bond acceptors (Lipinski definition) is 3. The third-order valence-corrected chi connectivity index (χ3v) is 1.92. The molecule has 70 valence electrons. The molecule has 0 heterocycles. The van der Waals surface area contributed by atoms with Crippen LogP contribution in [0.3, 0.4) is 0 Å². The quantitative estimate of drug-likeness (QED) is 0.734. The first-order chi connectivity index (χ1) is 6.15. The summed E-state index contributed by atoms with van der Waals surface area (Å²) in [5.74, 6) is 0.273. The lowest BCUT2D eigenvalue weighted by atomic mass is 10.0. The molecule has 0 aliphatic carbocycles. The molecular formula is C10H13NO2. The number of carbonyl (C=O) groups is 1. The molecule has 0 fully saturated rings. The number of likely N-dealkylation sites (N-methyl/N-ethyl adjacent to an activating group) is 1. The number of hydrogen-bond donors (Lipinski definition) is 2. The number of rotatable bonds is 3. The van der Waals surface area contributed by atoms with Gasteiger partial charge in [0.15, 0.2) is 5.78 Å². The van der Waals surface area contributed by atoms with E-state index in [0.29, 0.717) is 0 Å². The summed E-state index contributed by atoms with van der Waals surface area (Å²) in [5, 5.41) is 12.0. The lowest BCUT2D eigenvalue weighted by Gasteiger charge is -2.12. The first-order valence-electron chi connectivity index (χ1n) is 4.12. The standard InChI is InChI=1S/C10H13NO2/c1-7(12)10(11-2)8-3-5-9(13)6-4-8/h3-6,10-11,13H,1-2H3/t10-/m1/s1. The first-order valence-corrected chi connectivity index (χ1v) is 4.12. The average Bonchev–Trinajstić information content (AvgIpc) is 2.09. The third kappa shape index (κ3) is 2.29. The largest absolute Gasteiger partial charge is 0.508 e. The molecule has 1 aromatic rings. The minimum Gasteiger partial charge on any atom is -0.508 e. The number of phenolic OH excluding ortho intramolecular Hbond substituents is 1. The Morgan fingerprint density at radius 2 is 1.92 bits per heavy atom.